The Bertz CT molecular complexity index is 1300. The van der Waals surface area contributed by atoms with E-state index in [1.807, 2.05) is 0 Å². The van der Waals surface area contributed by atoms with Crippen molar-refractivity contribution < 1.29 is 32.2 Å². The number of aromatic amines is 1. The van der Waals surface area contributed by atoms with Crippen LogP contribution in [0.2, 0.25) is 0 Å². The minimum absolute atomic E-state index is 0.127. The normalized spacial score (nSPS) is 23.7. The average molecular weight is 503 g/mol. The Morgan fingerprint density at radius 1 is 1.28 bits per heavy atom. The zero-order valence-electron chi connectivity index (χ0n) is 19.3. The molecule has 190 valence electrons. The molecular weight excluding hydrogens is 479 g/mol. The van der Waals surface area contributed by atoms with Crippen molar-refractivity contribution in [3.8, 4) is 5.75 Å². The van der Waals surface area contributed by atoms with Crippen molar-refractivity contribution in [1.82, 2.24) is 20.7 Å². The predicted octanol–water partition coefficient (Wildman–Crippen LogP) is 2.66. The van der Waals surface area contributed by atoms with Gasteiger partial charge >= 0.3 is 6.36 Å². The van der Waals surface area contributed by atoms with E-state index in [-0.39, 0.29) is 30.4 Å². The molecule has 12 heteroatoms. The zero-order valence-corrected chi connectivity index (χ0v) is 19.3. The number of hydrogen-bond acceptors (Lipinski definition) is 8. The fourth-order valence-electron chi connectivity index (χ4n) is 5.33. The lowest BCUT2D eigenvalue weighted by molar-refractivity contribution is -0.274. The van der Waals surface area contributed by atoms with Crippen LogP contribution in [0, 0.1) is 5.92 Å². The highest BCUT2D eigenvalue weighted by Gasteiger charge is 2.58. The van der Waals surface area contributed by atoms with Crippen LogP contribution in [0.3, 0.4) is 0 Å². The van der Waals surface area contributed by atoms with Crippen molar-refractivity contribution in [3.63, 3.8) is 0 Å². The largest absolute Gasteiger partial charge is 0.573 e. The van der Waals surface area contributed by atoms with E-state index in [2.05, 4.69) is 25.5 Å². The summed E-state index contributed by atoms with van der Waals surface area (Å²) < 4.78 is 50.2. The van der Waals surface area contributed by atoms with Crippen LogP contribution in [0.5, 0.6) is 5.75 Å². The average Bonchev–Trinajstić information content (AvgIpc) is 3.55. The molecule has 1 aromatic heterocycles. The molecule has 3 unspecified atom stereocenters. The van der Waals surface area contributed by atoms with Crippen molar-refractivity contribution >= 4 is 28.8 Å². The van der Waals surface area contributed by atoms with Gasteiger partial charge in [0.2, 0.25) is 0 Å². The number of aromatic nitrogens is 3. The molecule has 36 heavy (non-hydrogen) atoms. The first-order valence-electron chi connectivity index (χ1n) is 11.4. The predicted molar refractivity (Wildman–Crippen MR) is 123 cm³/mol. The summed E-state index contributed by atoms with van der Waals surface area (Å²) in [7, 11) is 1.54. The molecule has 2 aromatic carbocycles. The maximum atomic E-state index is 14.0. The minimum atomic E-state index is -4.92. The number of aldehydes is 1. The van der Waals surface area contributed by atoms with Gasteiger partial charge in [0.15, 0.2) is 11.5 Å². The topological polar surface area (TPSA) is 109 Å². The Balaban J connectivity index is 1.61. The number of alkyl halides is 3. The van der Waals surface area contributed by atoms with Crippen molar-refractivity contribution in [1.29, 1.82) is 0 Å². The molecule has 0 radical (unpaired) electrons. The second-order valence-electron chi connectivity index (χ2n) is 9.04. The number of benzene rings is 2. The number of anilines is 1. The van der Waals surface area contributed by atoms with Crippen LogP contribution >= 0.6 is 0 Å². The van der Waals surface area contributed by atoms with Gasteiger partial charge < -0.3 is 24.5 Å². The van der Waals surface area contributed by atoms with Gasteiger partial charge in [-0.25, -0.2) is 0 Å². The molecule has 2 aliphatic rings. The molecule has 5 rings (SSSR count). The van der Waals surface area contributed by atoms with E-state index < -0.39 is 23.8 Å². The molecule has 0 amide bonds. The number of methoxy groups -OCH3 is 1. The Morgan fingerprint density at radius 2 is 2.11 bits per heavy atom. The highest BCUT2D eigenvalue weighted by molar-refractivity contribution is 6.05. The summed E-state index contributed by atoms with van der Waals surface area (Å²) in [4.78, 5) is 26.5. The van der Waals surface area contributed by atoms with Crippen LogP contribution in [0.15, 0.2) is 36.4 Å². The lowest BCUT2D eigenvalue weighted by Gasteiger charge is -2.30. The summed E-state index contributed by atoms with van der Waals surface area (Å²) in [6.07, 6.45) is -3.61. The van der Waals surface area contributed by atoms with Gasteiger partial charge in [0.05, 0.1) is 17.2 Å². The molecule has 3 aromatic rings. The maximum Gasteiger partial charge on any atom is 0.573 e. The van der Waals surface area contributed by atoms with E-state index in [1.165, 1.54) is 12.1 Å². The number of ketones is 1. The Kier molecular flexibility index (Phi) is 6.17. The Morgan fingerprint density at radius 3 is 2.86 bits per heavy atom. The molecule has 0 bridgehead atoms. The van der Waals surface area contributed by atoms with E-state index in [9.17, 15) is 22.8 Å². The Labute approximate surface area is 203 Å². The van der Waals surface area contributed by atoms with Crippen LogP contribution in [-0.4, -0.2) is 72.2 Å². The van der Waals surface area contributed by atoms with Crippen LogP contribution in [0.4, 0.5) is 18.9 Å². The number of rotatable bonds is 8. The third kappa shape index (κ3) is 4.30. The number of nitrogens with one attached hydrogen (secondary N) is 2. The number of halogens is 3. The highest BCUT2D eigenvalue weighted by atomic mass is 19.4. The van der Waals surface area contributed by atoms with Gasteiger partial charge in [-0.3, -0.25) is 9.89 Å². The number of carbonyl (C=O) groups excluding carboxylic acids is 2. The number of aryl methyl sites for hydroxylation is 1. The SMILES string of the molecule is COC12CNCC1C(C(=O)c1ccc3[nH]nnc3c1)N(c1cc(CCC=O)ccc1OC(F)(F)F)C2. The number of carbonyl (C=O) groups is 2. The fraction of sp³-hybridized carbons (Fsp3) is 0.417. The molecule has 3 atom stereocenters. The molecule has 2 N–H and O–H groups in total. The summed E-state index contributed by atoms with van der Waals surface area (Å²) in [5.74, 6) is -1.02. The quantitative estimate of drug-likeness (QED) is 0.357. The van der Waals surface area contributed by atoms with E-state index in [1.54, 1.807) is 36.3 Å². The number of Topliss-reactive ketones (excluding diaryl/α,β-unsaturated/α-hetero) is 1. The molecule has 9 nitrogen and oxygen atoms in total. The lowest BCUT2D eigenvalue weighted by Crippen LogP contribution is -2.42. The number of fused-ring (bicyclic) bond motifs is 2. The van der Waals surface area contributed by atoms with Gasteiger partial charge in [0, 0.05) is 44.6 Å². The summed E-state index contributed by atoms with van der Waals surface area (Å²) in [6.45, 7) is 1.07. The first-order valence-corrected chi connectivity index (χ1v) is 11.4. The molecule has 2 saturated heterocycles. The molecule has 2 fully saturated rings. The molecule has 0 spiro atoms. The third-order valence-corrected chi connectivity index (χ3v) is 7.01. The van der Waals surface area contributed by atoms with Gasteiger partial charge in [-0.15, -0.1) is 18.3 Å². The van der Waals surface area contributed by atoms with Crippen molar-refractivity contribution in [3.05, 3.63) is 47.5 Å². The van der Waals surface area contributed by atoms with E-state index in [4.69, 9.17) is 4.74 Å². The molecule has 3 heterocycles. The Hall–Kier alpha value is -3.51. The molecule has 0 aliphatic carbocycles. The van der Waals surface area contributed by atoms with Gasteiger partial charge in [-0.2, -0.15) is 0 Å². The van der Waals surface area contributed by atoms with Crippen LogP contribution in [-0.2, 0) is 16.0 Å². The number of ether oxygens (including phenoxy) is 2. The van der Waals surface area contributed by atoms with Crippen molar-refractivity contribution in [2.45, 2.75) is 30.8 Å². The second kappa shape index (κ2) is 9.17. The van der Waals surface area contributed by atoms with E-state index in [0.29, 0.717) is 41.7 Å². The molecule has 0 saturated carbocycles. The maximum absolute atomic E-state index is 14.0. The fourth-order valence-corrected chi connectivity index (χ4v) is 5.33. The lowest BCUT2D eigenvalue weighted by atomic mass is 9.86. The standard InChI is InChI=1S/C24H24F3N5O4/c1-35-23-12-28-11-16(23)21(22(34)15-5-6-17-18(10-15)30-31-29-17)32(13-23)19-9-14(3-2-8-33)4-7-20(19)36-24(25,26)27/h4-10,16,21,28H,2-3,11-13H2,1H3,(H,29,30,31). The first-order chi connectivity index (χ1) is 17.2. The molecule has 2 aliphatic heterocycles. The number of H-pyrrole nitrogens is 1. The second-order valence-corrected chi connectivity index (χ2v) is 9.04. The van der Waals surface area contributed by atoms with Crippen molar-refractivity contribution in [2.75, 3.05) is 31.6 Å². The number of hydrogen-bond donors (Lipinski definition) is 2. The molecular formula is C24H24F3N5O4. The summed E-state index contributed by atoms with van der Waals surface area (Å²) in [5, 5.41) is 13.7. The third-order valence-electron chi connectivity index (χ3n) is 7.01. The van der Waals surface area contributed by atoms with Gasteiger partial charge in [0.25, 0.3) is 0 Å². The number of nitrogens with zero attached hydrogens (tertiary/aromatic N) is 3. The van der Waals surface area contributed by atoms with Gasteiger partial charge in [0.1, 0.15) is 17.4 Å². The highest BCUT2D eigenvalue weighted by Crippen LogP contribution is 2.46. The smallest absolute Gasteiger partial charge is 0.404 e. The van der Waals surface area contributed by atoms with E-state index >= 15 is 0 Å². The summed E-state index contributed by atoms with van der Waals surface area (Å²) >= 11 is 0. The zero-order chi connectivity index (χ0) is 25.5. The monoisotopic (exact) mass is 503 g/mol. The minimum Gasteiger partial charge on any atom is -0.404 e. The first kappa shape index (κ1) is 24.2. The van der Waals surface area contributed by atoms with Crippen LogP contribution < -0.4 is 15.0 Å². The van der Waals surface area contributed by atoms with Crippen molar-refractivity contribution in [2.24, 2.45) is 5.92 Å². The van der Waals surface area contributed by atoms with Crippen LogP contribution in [0.25, 0.3) is 11.0 Å². The summed E-state index contributed by atoms with van der Waals surface area (Å²) in [6, 6.07) is 8.40. The van der Waals surface area contributed by atoms with Gasteiger partial charge in [-0.1, -0.05) is 11.3 Å². The van der Waals surface area contributed by atoms with Gasteiger partial charge in [-0.05, 0) is 42.3 Å². The van der Waals surface area contributed by atoms with Crippen LogP contribution in [0.1, 0.15) is 22.3 Å². The summed E-state index contributed by atoms with van der Waals surface area (Å²) in [5.41, 5.74) is 1.52. The van der Waals surface area contributed by atoms with E-state index in [0.717, 1.165) is 6.29 Å².